The number of carbonyl (C=O) groups excluding carboxylic acids is 1. The number of aryl methyl sites for hydroxylation is 1. The van der Waals surface area contributed by atoms with Crippen LogP contribution in [0.1, 0.15) is 46.5 Å². The van der Waals surface area contributed by atoms with Crippen molar-refractivity contribution >= 4 is 17.4 Å². The first-order valence-electron chi connectivity index (χ1n) is 9.91. The lowest BCUT2D eigenvalue weighted by atomic mass is 10.2. The first-order valence-corrected chi connectivity index (χ1v) is 9.91. The van der Waals surface area contributed by atoms with E-state index in [1.807, 2.05) is 41.1 Å². The number of hydrogen-bond donors (Lipinski definition) is 0. The van der Waals surface area contributed by atoms with Crippen LogP contribution in [0.2, 0.25) is 0 Å². The molecule has 3 aromatic rings. The topological polar surface area (TPSA) is 90.4 Å². The highest BCUT2D eigenvalue weighted by Gasteiger charge is 2.32. The maximum atomic E-state index is 13.2. The zero-order valence-corrected chi connectivity index (χ0v) is 16.2. The summed E-state index contributed by atoms with van der Waals surface area (Å²) in [6, 6.07) is 9.64. The molecule has 1 aliphatic carbocycles. The van der Waals surface area contributed by atoms with Crippen LogP contribution in [-0.2, 0) is 0 Å². The summed E-state index contributed by atoms with van der Waals surface area (Å²) in [6.45, 7) is 4.25. The van der Waals surface area contributed by atoms with E-state index >= 15 is 0 Å². The van der Waals surface area contributed by atoms with Gasteiger partial charge in [-0.25, -0.2) is 15.0 Å². The third-order valence-corrected chi connectivity index (χ3v) is 5.53. The van der Waals surface area contributed by atoms with Gasteiger partial charge in [0.15, 0.2) is 5.69 Å². The molecule has 8 heteroatoms. The number of imidazole rings is 1. The predicted molar refractivity (Wildman–Crippen MR) is 107 cm³/mol. The van der Waals surface area contributed by atoms with Gasteiger partial charge in [0.1, 0.15) is 17.6 Å². The van der Waals surface area contributed by atoms with Crippen molar-refractivity contribution in [3.63, 3.8) is 0 Å². The molecule has 3 aromatic heterocycles. The third-order valence-electron chi connectivity index (χ3n) is 5.53. The fourth-order valence-corrected chi connectivity index (χ4v) is 3.86. The molecule has 2 aliphatic rings. The maximum absolute atomic E-state index is 13.2. The molecule has 0 radical (unpaired) electrons. The van der Waals surface area contributed by atoms with Crippen LogP contribution in [0.15, 0.2) is 30.5 Å². The van der Waals surface area contributed by atoms with Crippen LogP contribution in [0.3, 0.4) is 0 Å². The second-order valence-electron chi connectivity index (χ2n) is 7.63. The molecule has 8 nitrogen and oxygen atoms in total. The average Bonchev–Trinajstić information content (AvgIpc) is 3.53. The maximum Gasteiger partial charge on any atom is 0.274 e. The van der Waals surface area contributed by atoms with Crippen LogP contribution >= 0.6 is 0 Å². The number of pyridine rings is 1. The van der Waals surface area contributed by atoms with Gasteiger partial charge < -0.3 is 14.2 Å². The van der Waals surface area contributed by atoms with Crippen molar-refractivity contribution in [1.29, 1.82) is 5.26 Å². The number of amides is 1. The predicted octanol–water partition coefficient (Wildman–Crippen LogP) is 2.14. The lowest BCUT2D eigenvalue weighted by Gasteiger charge is -2.34. The number of fused-ring (bicyclic) bond motifs is 1. The Hall–Kier alpha value is -3.47. The zero-order chi connectivity index (χ0) is 20.0. The normalized spacial score (nSPS) is 16.8. The van der Waals surface area contributed by atoms with Gasteiger partial charge in [-0.2, -0.15) is 5.26 Å². The molecule has 1 saturated carbocycles. The summed E-state index contributed by atoms with van der Waals surface area (Å²) in [5, 5.41) is 9.14. The van der Waals surface area contributed by atoms with Gasteiger partial charge in [0.05, 0.1) is 5.52 Å². The summed E-state index contributed by atoms with van der Waals surface area (Å²) >= 11 is 0. The van der Waals surface area contributed by atoms with Crippen LogP contribution < -0.4 is 4.90 Å². The molecular formula is C21H21N7O. The zero-order valence-electron chi connectivity index (χ0n) is 16.2. The Kier molecular flexibility index (Phi) is 4.16. The Balaban J connectivity index is 1.35. The van der Waals surface area contributed by atoms with E-state index in [4.69, 9.17) is 10.2 Å². The molecule has 1 amide bonds. The van der Waals surface area contributed by atoms with Gasteiger partial charge in [-0.1, -0.05) is 6.07 Å². The summed E-state index contributed by atoms with van der Waals surface area (Å²) in [6.07, 6.45) is 4.27. The van der Waals surface area contributed by atoms with Gasteiger partial charge in [0.25, 0.3) is 5.91 Å². The molecule has 1 aliphatic heterocycles. The van der Waals surface area contributed by atoms with Gasteiger partial charge in [0, 0.05) is 44.0 Å². The van der Waals surface area contributed by atoms with Crippen molar-refractivity contribution in [3.05, 3.63) is 53.4 Å². The standard InChI is InChI=1S/C21H21N7O/c1-14-12-16(13-22)24-21(23-14)27-10-8-26(9-11-27)20(29)18-17-4-2-3-7-28(17)19(25-18)15-5-6-15/h2-4,7,12,15H,5-6,8-11H2,1H3. The van der Waals surface area contributed by atoms with E-state index in [1.54, 1.807) is 6.07 Å². The number of anilines is 1. The van der Waals surface area contributed by atoms with Gasteiger partial charge in [-0.15, -0.1) is 0 Å². The van der Waals surface area contributed by atoms with E-state index in [2.05, 4.69) is 20.4 Å². The second kappa shape index (κ2) is 6.85. The molecule has 1 saturated heterocycles. The molecular weight excluding hydrogens is 366 g/mol. The minimum Gasteiger partial charge on any atom is -0.337 e. The number of nitrogens with zero attached hydrogens (tertiary/aromatic N) is 7. The number of rotatable bonds is 3. The Morgan fingerprint density at radius 2 is 1.93 bits per heavy atom. The number of nitriles is 1. The van der Waals surface area contributed by atoms with E-state index < -0.39 is 0 Å². The first kappa shape index (κ1) is 17.6. The van der Waals surface area contributed by atoms with Crippen LogP contribution in [0, 0.1) is 18.3 Å². The van der Waals surface area contributed by atoms with Gasteiger partial charge in [0.2, 0.25) is 5.95 Å². The molecule has 2 fully saturated rings. The Morgan fingerprint density at radius 3 is 2.66 bits per heavy atom. The Bertz CT molecular complexity index is 1130. The molecule has 0 aromatic carbocycles. The molecule has 29 heavy (non-hydrogen) atoms. The smallest absolute Gasteiger partial charge is 0.274 e. The minimum atomic E-state index is -0.0249. The molecule has 0 N–H and O–H groups in total. The molecule has 4 heterocycles. The van der Waals surface area contributed by atoms with Crippen molar-refractivity contribution in [2.24, 2.45) is 0 Å². The summed E-state index contributed by atoms with van der Waals surface area (Å²) < 4.78 is 2.06. The molecule has 0 spiro atoms. The van der Waals surface area contributed by atoms with E-state index in [0.29, 0.717) is 49.4 Å². The van der Waals surface area contributed by atoms with Crippen molar-refractivity contribution < 1.29 is 4.79 Å². The van der Waals surface area contributed by atoms with E-state index in [1.165, 1.54) is 0 Å². The van der Waals surface area contributed by atoms with Gasteiger partial charge in [-0.3, -0.25) is 4.79 Å². The highest BCUT2D eigenvalue weighted by Crippen LogP contribution is 2.40. The SMILES string of the molecule is Cc1cc(C#N)nc(N2CCN(C(=O)c3nc(C4CC4)n4ccccc34)CC2)n1. The van der Waals surface area contributed by atoms with Crippen molar-refractivity contribution in [2.75, 3.05) is 31.1 Å². The van der Waals surface area contributed by atoms with Crippen molar-refractivity contribution in [1.82, 2.24) is 24.3 Å². The van der Waals surface area contributed by atoms with Gasteiger partial charge in [-0.05, 0) is 38.0 Å². The highest BCUT2D eigenvalue weighted by atomic mass is 16.2. The summed E-state index contributed by atoms with van der Waals surface area (Å²) in [7, 11) is 0. The second-order valence-corrected chi connectivity index (χ2v) is 7.63. The average molecular weight is 387 g/mol. The number of carbonyl (C=O) groups is 1. The fraction of sp³-hybridized carbons (Fsp3) is 0.381. The summed E-state index contributed by atoms with van der Waals surface area (Å²) in [5.74, 6) is 2.00. The first-order chi connectivity index (χ1) is 14.1. The quantitative estimate of drug-likeness (QED) is 0.684. The summed E-state index contributed by atoms with van der Waals surface area (Å²) in [4.78, 5) is 30.6. The van der Waals surface area contributed by atoms with Crippen molar-refractivity contribution in [2.45, 2.75) is 25.7 Å². The highest BCUT2D eigenvalue weighted by molar-refractivity contribution is 5.99. The minimum absolute atomic E-state index is 0.0249. The van der Waals surface area contributed by atoms with Crippen LogP contribution in [0.5, 0.6) is 0 Å². The van der Waals surface area contributed by atoms with Crippen LogP contribution in [0.25, 0.3) is 5.52 Å². The monoisotopic (exact) mass is 387 g/mol. The van der Waals surface area contributed by atoms with Crippen LogP contribution in [0.4, 0.5) is 5.95 Å². The number of aromatic nitrogens is 4. The third kappa shape index (κ3) is 3.18. The largest absolute Gasteiger partial charge is 0.337 e. The van der Waals surface area contributed by atoms with E-state index in [-0.39, 0.29) is 5.91 Å². The van der Waals surface area contributed by atoms with Crippen LogP contribution in [-0.4, -0.2) is 56.3 Å². The lowest BCUT2D eigenvalue weighted by Crippen LogP contribution is -2.49. The van der Waals surface area contributed by atoms with E-state index in [9.17, 15) is 4.79 Å². The molecule has 0 unspecified atom stereocenters. The lowest BCUT2D eigenvalue weighted by molar-refractivity contribution is 0.0742. The Morgan fingerprint density at radius 1 is 1.14 bits per heavy atom. The number of hydrogen-bond acceptors (Lipinski definition) is 6. The fourth-order valence-electron chi connectivity index (χ4n) is 3.86. The van der Waals surface area contributed by atoms with Crippen molar-refractivity contribution in [3.8, 4) is 6.07 Å². The molecule has 5 rings (SSSR count). The molecule has 146 valence electrons. The molecule has 0 atom stereocenters. The van der Waals surface area contributed by atoms with E-state index in [0.717, 1.165) is 29.9 Å². The number of piperazine rings is 1. The Labute approximate surface area is 168 Å². The van der Waals surface area contributed by atoms with Gasteiger partial charge >= 0.3 is 0 Å². The summed E-state index contributed by atoms with van der Waals surface area (Å²) in [5.41, 5.74) is 2.55. The molecule has 0 bridgehead atoms.